The van der Waals surface area contributed by atoms with Crippen LogP contribution in [0.5, 0.6) is 0 Å². The van der Waals surface area contributed by atoms with Crippen LogP contribution in [0.3, 0.4) is 0 Å². The Hall–Kier alpha value is -2.37. The van der Waals surface area contributed by atoms with Crippen LogP contribution < -0.4 is 16.4 Å². The first-order chi connectivity index (χ1) is 12.4. The van der Waals surface area contributed by atoms with E-state index in [0.29, 0.717) is 24.6 Å². The fourth-order valence-electron chi connectivity index (χ4n) is 2.55. The number of nitrogens with two attached hydrogens (primary N) is 1. The number of amides is 2. The molecule has 0 fully saturated rings. The van der Waals surface area contributed by atoms with Gasteiger partial charge in [-0.2, -0.15) is 0 Å². The molecular weight excluding hydrogens is 362 g/mol. The van der Waals surface area contributed by atoms with Crippen molar-refractivity contribution in [3.63, 3.8) is 0 Å². The summed E-state index contributed by atoms with van der Waals surface area (Å²) in [5.74, 6) is 0.237. The maximum atomic E-state index is 12.3. The summed E-state index contributed by atoms with van der Waals surface area (Å²) in [7, 11) is 0. The van der Waals surface area contributed by atoms with Crippen LogP contribution in [-0.2, 0) is 11.3 Å². The molecule has 0 aromatic heterocycles. The maximum Gasteiger partial charge on any atom is 0.251 e. The Morgan fingerprint density at radius 1 is 0.926 bits per heavy atom. The Labute approximate surface area is 167 Å². The molecule has 0 aliphatic heterocycles. The highest BCUT2D eigenvalue weighted by Gasteiger charge is 2.10. The molecule has 1 atom stereocenters. The van der Waals surface area contributed by atoms with E-state index in [1.54, 1.807) is 12.1 Å². The van der Waals surface area contributed by atoms with Gasteiger partial charge in [0, 0.05) is 31.6 Å². The zero-order chi connectivity index (χ0) is 19.1. The van der Waals surface area contributed by atoms with Crippen molar-refractivity contribution in [2.75, 3.05) is 6.54 Å². The number of hydrogen-bond acceptors (Lipinski definition) is 3. The Morgan fingerprint density at radius 2 is 1.48 bits per heavy atom. The largest absolute Gasteiger partial charge is 0.352 e. The molecule has 2 aromatic rings. The third-order valence-corrected chi connectivity index (χ3v) is 4.27. The summed E-state index contributed by atoms with van der Waals surface area (Å²) in [5, 5.41) is 5.59. The van der Waals surface area contributed by atoms with E-state index in [1.165, 1.54) is 12.5 Å². The average molecular weight is 390 g/mol. The van der Waals surface area contributed by atoms with E-state index < -0.39 is 0 Å². The number of halogens is 1. The molecular formula is C21H28ClN3O2. The molecule has 0 bridgehead atoms. The van der Waals surface area contributed by atoms with E-state index in [0.717, 1.165) is 11.1 Å². The molecule has 146 valence electrons. The van der Waals surface area contributed by atoms with Gasteiger partial charge in [-0.3, -0.25) is 9.59 Å². The second-order valence-corrected chi connectivity index (χ2v) is 6.74. The van der Waals surface area contributed by atoms with Crippen molar-refractivity contribution >= 4 is 24.2 Å². The molecule has 0 spiro atoms. The minimum absolute atomic E-state index is 0. The van der Waals surface area contributed by atoms with Gasteiger partial charge in [-0.25, -0.2) is 0 Å². The van der Waals surface area contributed by atoms with Gasteiger partial charge in [0.25, 0.3) is 5.91 Å². The first-order valence-corrected chi connectivity index (χ1v) is 8.84. The second-order valence-electron chi connectivity index (χ2n) is 6.74. The van der Waals surface area contributed by atoms with E-state index in [-0.39, 0.29) is 30.3 Å². The predicted octanol–water partition coefficient (Wildman–Crippen LogP) is 3.30. The lowest BCUT2D eigenvalue weighted by atomic mass is 9.99. The molecule has 0 radical (unpaired) electrons. The van der Waals surface area contributed by atoms with E-state index in [4.69, 9.17) is 5.73 Å². The van der Waals surface area contributed by atoms with Crippen LogP contribution in [-0.4, -0.2) is 18.4 Å². The van der Waals surface area contributed by atoms with Gasteiger partial charge in [0.2, 0.25) is 5.91 Å². The standard InChI is InChI=1S/C21H27N3O2.ClH/c1-14(2)17-8-10-18(11-9-17)20(22)13-24-21(26)19-6-4-16(5-7-19)12-23-15(3)25;/h4-11,14,20H,12-13,22H2,1-3H3,(H,23,25)(H,24,26);1H. The highest BCUT2D eigenvalue weighted by molar-refractivity contribution is 5.94. The zero-order valence-electron chi connectivity index (χ0n) is 16.0. The summed E-state index contributed by atoms with van der Waals surface area (Å²) in [4.78, 5) is 23.2. The molecule has 0 saturated heterocycles. The van der Waals surface area contributed by atoms with Gasteiger partial charge in [0.15, 0.2) is 0 Å². The lowest BCUT2D eigenvalue weighted by Crippen LogP contribution is -2.31. The summed E-state index contributed by atoms with van der Waals surface area (Å²) in [6, 6.07) is 15.1. The summed E-state index contributed by atoms with van der Waals surface area (Å²) in [6.07, 6.45) is 0. The van der Waals surface area contributed by atoms with Crippen molar-refractivity contribution in [1.29, 1.82) is 0 Å². The van der Waals surface area contributed by atoms with Gasteiger partial charge in [-0.15, -0.1) is 12.4 Å². The highest BCUT2D eigenvalue weighted by atomic mass is 35.5. The smallest absolute Gasteiger partial charge is 0.251 e. The van der Waals surface area contributed by atoms with Gasteiger partial charge in [-0.05, 0) is 34.7 Å². The maximum absolute atomic E-state index is 12.3. The molecule has 5 nitrogen and oxygen atoms in total. The molecule has 0 saturated carbocycles. The van der Waals surface area contributed by atoms with Crippen molar-refractivity contribution in [3.05, 3.63) is 70.8 Å². The molecule has 2 rings (SSSR count). The summed E-state index contributed by atoms with van der Waals surface area (Å²) in [6.45, 7) is 6.59. The van der Waals surface area contributed by atoms with Crippen LogP contribution >= 0.6 is 12.4 Å². The SMILES string of the molecule is CC(=O)NCc1ccc(C(=O)NCC(N)c2ccc(C(C)C)cc2)cc1.Cl. The lowest BCUT2D eigenvalue weighted by Gasteiger charge is -2.15. The average Bonchev–Trinajstić information content (AvgIpc) is 2.64. The van der Waals surface area contributed by atoms with Crippen molar-refractivity contribution in [2.24, 2.45) is 5.73 Å². The molecule has 6 heteroatoms. The van der Waals surface area contributed by atoms with Crippen LogP contribution in [0.25, 0.3) is 0 Å². The van der Waals surface area contributed by atoms with Crippen molar-refractivity contribution in [2.45, 2.75) is 39.3 Å². The normalized spacial score (nSPS) is 11.4. The number of rotatable bonds is 7. The molecule has 0 aliphatic rings. The quantitative estimate of drug-likeness (QED) is 0.679. The van der Waals surface area contributed by atoms with Gasteiger partial charge in [0.1, 0.15) is 0 Å². The minimum atomic E-state index is -0.251. The number of hydrogen-bond donors (Lipinski definition) is 3. The van der Waals surface area contributed by atoms with Gasteiger partial charge >= 0.3 is 0 Å². The van der Waals surface area contributed by atoms with Crippen LogP contribution in [0, 0.1) is 0 Å². The van der Waals surface area contributed by atoms with Crippen LogP contribution in [0.4, 0.5) is 0 Å². The molecule has 1 unspecified atom stereocenters. The Kier molecular flexibility index (Phi) is 8.98. The lowest BCUT2D eigenvalue weighted by molar-refractivity contribution is -0.119. The molecule has 4 N–H and O–H groups in total. The van der Waals surface area contributed by atoms with Gasteiger partial charge < -0.3 is 16.4 Å². The van der Waals surface area contributed by atoms with E-state index in [1.807, 2.05) is 24.3 Å². The monoisotopic (exact) mass is 389 g/mol. The van der Waals surface area contributed by atoms with E-state index in [9.17, 15) is 9.59 Å². The fraction of sp³-hybridized carbons (Fsp3) is 0.333. The number of benzene rings is 2. The highest BCUT2D eigenvalue weighted by Crippen LogP contribution is 2.17. The Balaban J connectivity index is 0.00000364. The second kappa shape index (κ2) is 10.7. The molecule has 2 amide bonds. The van der Waals surface area contributed by atoms with Crippen molar-refractivity contribution < 1.29 is 9.59 Å². The number of nitrogens with one attached hydrogen (secondary N) is 2. The van der Waals surface area contributed by atoms with Crippen LogP contribution in [0.15, 0.2) is 48.5 Å². The van der Waals surface area contributed by atoms with Crippen LogP contribution in [0.1, 0.15) is 59.8 Å². The first-order valence-electron chi connectivity index (χ1n) is 8.84. The zero-order valence-corrected chi connectivity index (χ0v) is 16.8. The Bertz CT molecular complexity index is 743. The minimum Gasteiger partial charge on any atom is -0.352 e. The number of carbonyl (C=O) groups excluding carboxylic acids is 2. The number of carbonyl (C=O) groups is 2. The van der Waals surface area contributed by atoms with Crippen molar-refractivity contribution in [1.82, 2.24) is 10.6 Å². The summed E-state index contributed by atoms with van der Waals surface area (Å²) >= 11 is 0. The van der Waals surface area contributed by atoms with Crippen LogP contribution in [0.2, 0.25) is 0 Å². The third kappa shape index (κ3) is 7.04. The van der Waals surface area contributed by atoms with Gasteiger partial charge in [0.05, 0.1) is 0 Å². The molecule has 0 heterocycles. The fourth-order valence-corrected chi connectivity index (χ4v) is 2.55. The topological polar surface area (TPSA) is 84.2 Å². The Morgan fingerprint density at radius 3 is 2.00 bits per heavy atom. The first kappa shape index (κ1) is 22.7. The summed E-state index contributed by atoms with van der Waals surface area (Å²) in [5.41, 5.74) is 9.96. The van der Waals surface area contributed by atoms with E-state index >= 15 is 0 Å². The molecule has 2 aromatic carbocycles. The predicted molar refractivity (Wildman–Crippen MR) is 111 cm³/mol. The van der Waals surface area contributed by atoms with Crippen molar-refractivity contribution in [3.8, 4) is 0 Å². The summed E-state index contributed by atoms with van der Waals surface area (Å²) < 4.78 is 0. The van der Waals surface area contributed by atoms with E-state index in [2.05, 4.69) is 36.6 Å². The third-order valence-electron chi connectivity index (χ3n) is 4.27. The molecule has 27 heavy (non-hydrogen) atoms. The van der Waals surface area contributed by atoms with Gasteiger partial charge in [-0.1, -0.05) is 50.2 Å². The molecule has 0 aliphatic carbocycles.